The molecule has 6 nitrogen and oxygen atoms in total. The van der Waals surface area contributed by atoms with Crippen LogP contribution in [-0.4, -0.2) is 34.6 Å². The van der Waals surface area contributed by atoms with E-state index in [2.05, 4.69) is 5.32 Å². The Morgan fingerprint density at radius 3 is 2.17 bits per heavy atom. The number of nitrogens with one attached hydrogen (secondary N) is 1. The fraction of sp³-hybridized carbons (Fsp3) is 0.583. The molecule has 0 atom stereocenters. The van der Waals surface area contributed by atoms with E-state index in [1.165, 1.54) is 0 Å². The van der Waals surface area contributed by atoms with Crippen LogP contribution in [0.4, 0.5) is 0 Å². The van der Waals surface area contributed by atoms with Crippen LogP contribution in [0.15, 0.2) is 12.2 Å². The van der Waals surface area contributed by atoms with E-state index in [9.17, 15) is 14.4 Å². The molecule has 0 aromatic rings. The van der Waals surface area contributed by atoms with E-state index in [1.54, 1.807) is 0 Å². The Balaban J connectivity index is 2.23. The zero-order valence-electron chi connectivity index (χ0n) is 9.96. The Kier molecular flexibility index (Phi) is 5.35. The molecule has 1 rings (SSSR count). The molecule has 1 saturated carbocycles. The molecular formula is C12H17NO5. The molecular weight excluding hydrogens is 238 g/mol. The normalized spacial score (nSPS) is 23.8. The maximum Gasteiger partial charge on any atom is 0.328 e. The monoisotopic (exact) mass is 255 g/mol. The summed E-state index contributed by atoms with van der Waals surface area (Å²) >= 11 is 0. The number of amides is 1. The lowest BCUT2D eigenvalue weighted by Gasteiger charge is -2.25. The van der Waals surface area contributed by atoms with Crippen LogP contribution in [0.3, 0.4) is 0 Å². The molecule has 0 aliphatic heterocycles. The van der Waals surface area contributed by atoms with E-state index in [1.807, 2.05) is 0 Å². The molecule has 100 valence electrons. The minimum Gasteiger partial charge on any atom is -0.481 e. The minimum atomic E-state index is -1.16. The van der Waals surface area contributed by atoms with Crippen LogP contribution in [0.5, 0.6) is 0 Å². The maximum absolute atomic E-state index is 11.2. The van der Waals surface area contributed by atoms with Crippen molar-refractivity contribution in [3.8, 4) is 0 Å². The third-order valence-electron chi connectivity index (χ3n) is 3.14. The van der Waals surface area contributed by atoms with Gasteiger partial charge in [0.15, 0.2) is 0 Å². The van der Waals surface area contributed by atoms with Crippen LogP contribution in [-0.2, 0) is 14.4 Å². The zero-order chi connectivity index (χ0) is 13.5. The lowest BCUT2D eigenvalue weighted by molar-refractivity contribution is -0.143. The van der Waals surface area contributed by atoms with Crippen molar-refractivity contribution in [3.63, 3.8) is 0 Å². The Morgan fingerprint density at radius 2 is 1.67 bits per heavy atom. The molecule has 0 aromatic carbocycles. The highest BCUT2D eigenvalue weighted by Crippen LogP contribution is 2.28. The molecule has 0 unspecified atom stereocenters. The molecule has 0 radical (unpaired) electrons. The fourth-order valence-corrected chi connectivity index (χ4v) is 2.06. The van der Waals surface area contributed by atoms with E-state index >= 15 is 0 Å². The van der Waals surface area contributed by atoms with Gasteiger partial charge in [0.1, 0.15) is 0 Å². The highest BCUT2D eigenvalue weighted by molar-refractivity contribution is 5.93. The van der Waals surface area contributed by atoms with Gasteiger partial charge in [0.25, 0.3) is 0 Å². The van der Waals surface area contributed by atoms with Crippen molar-refractivity contribution < 1.29 is 24.6 Å². The summed E-state index contributed by atoms with van der Waals surface area (Å²) < 4.78 is 0. The highest BCUT2D eigenvalue weighted by atomic mass is 16.4. The lowest BCUT2D eigenvalue weighted by atomic mass is 9.82. The largest absolute Gasteiger partial charge is 0.481 e. The highest BCUT2D eigenvalue weighted by Gasteiger charge is 2.25. The predicted molar refractivity (Wildman–Crippen MR) is 62.9 cm³/mol. The maximum atomic E-state index is 11.2. The molecule has 1 aliphatic carbocycles. The van der Waals surface area contributed by atoms with Gasteiger partial charge in [-0.25, -0.2) is 4.79 Å². The summed E-state index contributed by atoms with van der Waals surface area (Å²) in [6.07, 6.45) is 4.60. The van der Waals surface area contributed by atoms with Gasteiger partial charge in [-0.05, 0) is 31.6 Å². The molecule has 3 N–H and O–H groups in total. The van der Waals surface area contributed by atoms with Crippen molar-refractivity contribution in [2.24, 2.45) is 11.8 Å². The van der Waals surface area contributed by atoms with Gasteiger partial charge in [-0.3, -0.25) is 9.59 Å². The molecule has 0 bridgehead atoms. The molecule has 18 heavy (non-hydrogen) atoms. The van der Waals surface area contributed by atoms with E-state index in [4.69, 9.17) is 10.2 Å². The third-order valence-corrected chi connectivity index (χ3v) is 3.14. The van der Waals surface area contributed by atoms with Gasteiger partial charge in [-0.2, -0.15) is 0 Å². The van der Waals surface area contributed by atoms with Gasteiger partial charge in [0.2, 0.25) is 5.91 Å². The number of aliphatic carboxylic acids is 2. The van der Waals surface area contributed by atoms with Crippen LogP contribution in [0.1, 0.15) is 25.7 Å². The molecule has 1 aliphatic rings. The average Bonchev–Trinajstić information content (AvgIpc) is 2.34. The van der Waals surface area contributed by atoms with Crippen LogP contribution < -0.4 is 5.32 Å². The molecule has 1 fully saturated rings. The first kappa shape index (κ1) is 14.2. The number of hydrogen-bond donors (Lipinski definition) is 3. The molecule has 6 heteroatoms. The first-order valence-corrected chi connectivity index (χ1v) is 5.90. The number of carbonyl (C=O) groups is 3. The van der Waals surface area contributed by atoms with Gasteiger partial charge < -0.3 is 15.5 Å². The van der Waals surface area contributed by atoms with Crippen molar-refractivity contribution >= 4 is 17.8 Å². The summed E-state index contributed by atoms with van der Waals surface area (Å²) in [6, 6.07) is 0. The molecule has 0 spiro atoms. The molecule has 1 amide bonds. The summed E-state index contributed by atoms with van der Waals surface area (Å²) in [5.41, 5.74) is 0. The van der Waals surface area contributed by atoms with Crippen LogP contribution in [0.2, 0.25) is 0 Å². The topological polar surface area (TPSA) is 104 Å². The van der Waals surface area contributed by atoms with Crippen LogP contribution >= 0.6 is 0 Å². The van der Waals surface area contributed by atoms with Gasteiger partial charge in [0.05, 0.1) is 5.92 Å². The first-order valence-electron chi connectivity index (χ1n) is 5.90. The van der Waals surface area contributed by atoms with Crippen molar-refractivity contribution in [2.45, 2.75) is 25.7 Å². The van der Waals surface area contributed by atoms with Crippen LogP contribution in [0, 0.1) is 11.8 Å². The zero-order valence-corrected chi connectivity index (χ0v) is 9.96. The number of carboxylic acids is 2. The second-order valence-electron chi connectivity index (χ2n) is 4.47. The SMILES string of the molecule is O=C(O)C=CC(=O)NC[C@H]1CC[C@H](C(=O)O)CC1. The summed E-state index contributed by atoms with van der Waals surface area (Å²) in [5, 5.41) is 19.8. The van der Waals surface area contributed by atoms with Gasteiger partial charge in [-0.1, -0.05) is 0 Å². The minimum absolute atomic E-state index is 0.260. The summed E-state index contributed by atoms with van der Waals surface area (Å²) in [6.45, 7) is 0.467. The summed E-state index contributed by atoms with van der Waals surface area (Å²) in [5.74, 6) is -2.32. The van der Waals surface area contributed by atoms with Gasteiger partial charge in [0, 0.05) is 18.7 Å². The van der Waals surface area contributed by atoms with Crippen molar-refractivity contribution in [1.82, 2.24) is 5.32 Å². The third kappa shape index (κ3) is 4.99. The van der Waals surface area contributed by atoms with Gasteiger partial charge in [-0.15, -0.1) is 0 Å². The van der Waals surface area contributed by atoms with E-state index in [0.29, 0.717) is 19.4 Å². The predicted octanol–water partition coefficient (Wildman–Crippen LogP) is 0.634. The van der Waals surface area contributed by atoms with E-state index in [-0.39, 0.29) is 11.8 Å². The Bertz CT molecular complexity index is 355. The van der Waals surface area contributed by atoms with Crippen molar-refractivity contribution in [3.05, 3.63) is 12.2 Å². The van der Waals surface area contributed by atoms with Crippen molar-refractivity contribution in [1.29, 1.82) is 0 Å². The first-order chi connectivity index (χ1) is 8.49. The quantitative estimate of drug-likeness (QED) is 0.625. The number of carbonyl (C=O) groups excluding carboxylic acids is 1. The van der Waals surface area contributed by atoms with E-state index < -0.39 is 17.8 Å². The smallest absolute Gasteiger partial charge is 0.328 e. The molecule has 0 heterocycles. The van der Waals surface area contributed by atoms with Crippen LogP contribution in [0.25, 0.3) is 0 Å². The summed E-state index contributed by atoms with van der Waals surface area (Å²) in [4.78, 5) is 32.1. The van der Waals surface area contributed by atoms with Crippen molar-refractivity contribution in [2.75, 3.05) is 6.54 Å². The lowest BCUT2D eigenvalue weighted by Crippen LogP contribution is -2.31. The van der Waals surface area contributed by atoms with E-state index in [0.717, 1.165) is 25.0 Å². The average molecular weight is 255 g/mol. The van der Waals surface area contributed by atoms with Gasteiger partial charge >= 0.3 is 11.9 Å². The number of rotatable bonds is 5. The molecule has 0 saturated heterocycles. The Labute approximate surface area is 105 Å². The fourth-order valence-electron chi connectivity index (χ4n) is 2.06. The standard InChI is InChI=1S/C12H17NO5/c14-10(5-6-11(15)16)13-7-8-1-3-9(4-2-8)12(17)18/h5-6,8-9H,1-4,7H2,(H,13,14)(H,15,16)(H,17,18)/t8-,9-. The Hall–Kier alpha value is -1.85. The second-order valence-corrected chi connectivity index (χ2v) is 4.47. The number of hydrogen-bond acceptors (Lipinski definition) is 3. The summed E-state index contributed by atoms with van der Waals surface area (Å²) in [7, 11) is 0. The molecule has 0 aromatic heterocycles. The Morgan fingerprint density at radius 1 is 1.06 bits per heavy atom. The second kappa shape index (κ2) is 6.78. The number of carboxylic acid groups (broad SMARTS) is 2.